The maximum Gasteiger partial charge on any atom is 0.257 e. The third-order valence-corrected chi connectivity index (χ3v) is 9.01. The van der Waals surface area contributed by atoms with Gasteiger partial charge in [0.1, 0.15) is 22.6 Å². The van der Waals surface area contributed by atoms with E-state index in [9.17, 15) is 14.0 Å². The van der Waals surface area contributed by atoms with Crippen molar-refractivity contribution in [1.82, 2.24) is 24.8 Å². The molecular weight excluding hydrogens is 655 g/mol. The molecule has 0 unspecified atom stereocenters. The average Bonchev–Trinajstić information content (AvgIpc) is 3.88. The van der Waals surface area contributed by atoms with Crippen LogP contribution in [-0.2, 0) is 0 Å². The smallest absolute Gasteiger partial charge is 0.257 e. The lowest BCUT2D eigenvalue weighted by Gasteiger charge is -2.36. The van der Waals surface area contributed by atoms with Gasteiger partial charge in [-0.05, 0) is 42.5 Å². The first-order valence-corrected chi connectivity index (χ1v) is 16.3. The van der Waals surface area contributed by atoms with E-state index < -0.39 is 5.82 Å². The van der Waals surface area contributed by atoms with E-state index in [1.807, 2.05) is 34.1 Å². The summed E-state index contributed by atoms with van der Waals surface area (Å²) in [5.41, 5.74) is 5.33. The van der Waals surface area contributed by atoms with Crippen LogP contribution in [0.3, 0.4) is 0 Å². The molecule has 0 radical (unpaired) electrons. The molecule has 0 atom stereocenters. The number of fused-ring (bicyclic) bond motifs is 2. The van der Waals surface area contributed by atoms with Crippen LogP contribution >= 0.6 is 0 Å². The minimum absolute atomic E-state index is 0.0276. The molecule has 2 amide bonds. The van der Waals surface area contributed by atoms with Crippen molar-refractivity contribution < 1.29 is 27.6 Å². The highest BCUT2D eigenvalue weighted by Gasteiger charge is 2.27. The van der Waals surface area contributed by atoms with Crippen LogP contribution in [0.1, 0.15) is 26.3 Å². The summed E-state index contributed by atoms with van der Waals surface area (Å²) < 4.78 is 29.8. The zero-order valence-corrected chi connectivity index (χ0v) is 27.7. The van der Waals surface area contributed by atoms with Crippen molar-refractivity contribution in [2.75, 3.05) is 69.3 Å². The number of amides is 2. The number of halogens is 1. The van der Waals surface area contributed by atoms with Gasteiger partial charge in [0.25, 0.3) is 11.8 Å². The second-order valence-corrected chi connectivity index (χ2v) is 11.9. The van der Waals surface area contributed by atoms with Gasteiger partial charge in [0.2, 0.25) is 0 Å². The Hall–Kier alpha value is -6.49. The van der Waals surface area contributed by atoms with Gasteiger partial charge in [-0.1, -0.05) is 12.1 Å². The number of benzene rings is 3. The zero-order chi connectivity index (χ0) is 35.3. The van der Waals surface area contributed by atoms with E-state index >= 15 is 0 Å². The van der Waals surface area contributed by atoms with Crippen LogP contribution in [0.4, 0.5) is 15.8 Å². The quantitative estimate of drug-likeness (QED) is 0.241. The number of nitrogens with zero attached hydrogens (tertiary/aromatic N) is 8. The molecule has 0 aliphatic carbocycles. The summed E-state index contributed by atoms with van der Waals surface area (Å²) in [4.78, 5) is 45.8. The van der Waals surface area contributed by atoms with Crippen molar-refractivity contribution in [2.24, 2.45) is 0 Å². The number of piperazine rings is 2. The van der Waals surface area contributed by atoms with Crippen LogP contribution in [0.25, 0.3) is 22.2 Å². The lowest BCUT2D eigenvalue weighted by atomic mass is 10.1. The summed E-state index contributed by atoms with van der Waals surface area (Å²) in [5, 5.41) is 8.99. The van der Waals surface area contributed by atoms with Crippen molar-refractivity contribution in [3.05, 3.63) is 108 Å². The average molecular weight is 689 g/mol. The second kappa shape index (κ2) is 14.6. The van der Waals surface area contributed by atoms with Crippen LogP contribution in [0.15, 0.2) is 94.7 Å². The van der Waals surface area contributed by atoms with Gasteiger partial charge in [0, 0.05) is 70.3 Å². The fourth-order valence-corrected chi connectivity index (χ4v) is 6.37. The number of pyridine rings is 1. The Morgan fingerprint density at radius 1 is 0.784 bits per heavy atom. The number of aromatic nitrogens is 3. The van der Waals surface area contributed by atoms with Crippen molar-refractivity contribution in [3.63, 3.8) is 0 Å². The van der Waals surface area contributed by atoms with Crippen LogP contribution in [0.2, 0.25) is 0 Å². The highest BCUT2D eigenvalue weighted by Crippen LogP contribution is 2.28. The Labute approximate surface area is 292 Å². The second-order valence-electron chi connectivity index (χ2n) is 11.9. The minimum atomic E-state index is -0.436. The minimum Gasteiger partial charge on any atom is -0.494 e. The Kier molecular flexibility index (Phi) is 9.42. The number of oxazole rings is 2. The molecule has 2 aliphatic heterocycles. The first-order valence-electron chi connectivity index (χ1n) is 16.3. The van der Waals surface area contributed by atoms with Gasteiger partial charge in [-0.3, -0.25) is 14.6 Å². The van der Waals surface area contributed by atoms with E-state index in [0.717, 1.165) is 24.5 Å². The normalized spacial score (nSPS) is 14.6. The van der Waals surface area contributed by atoms with Gasteiger partial charge >= 0.3 is 0 Å². The fourth-order valence-electron chi connectivity index (χ4n) is 6.37. The summed E-state index contributed by atoms with van der Waals surface area (Å²) in [5.74, 6) is 0.222. The molecule has 0 bridgehead atoms. The van der Waals surface area contributed by atoms with Crippen molar-refractivity contribution >= 4 is 45.4 Å². The largest absolute Gasteiger partial charge is 0.494 e. The zero-order valence-electron chi connectivity index (χ0n) is 27.7. The molecule has 13 nitrogen and oxygen atoms in total. The summed E-state index contributed by atoms with van der Waals surface area (Å²) >= 11 is 0. The Balaban J connectivity index is 0.000000159. The number of hydrogen-bond acceptors (Lipinski definition) is 11. The number of ether oxygens (including phenoxy) is 1. The van der Waals surface area contributed by atoms with Crippen LogP contribution in [0, 0.1) is 17.1 Å². The molecule has 3 aromatic carbocycles. The first-order chi connectivity index (χ1) is 24.9. The molecule has 8 rings (SSSR count). The molecule has 5 heterocycles. The summed E-state index contributed by atoms with van der Waals surface area (Å²) in [7, 11) is 1.65. The third-order valence-electron chi connectivity index (χ3n) is 9.01. The number of hydrogen-bond donors (Lipinski definition) is 0. The van der Waals surface area contributed by atoms with Gasteiger partial charge in [-0.2, -0.15) is 5.26 Å². The molecule has 0 N–H and O–H groups in total. The van der Waals surface area contributed by atoms with Crippen molar-refractivity contribution in [1.29, 1.82) is 5.26 Å². The van der Waals surface area contributed by atoms with E-state index in [1.54, 1.807) is 54.7 Å². The van der Waals surface area contributed by atoms with Gasteiger partial charge in [0.15, 0.2) is 24.0 Å². The molecule has 2 fully saturated rings. The molecule has 2 aliphatic rings. The molecule has 3 aromatic heterocycles. The molecule has 0 saturated carbocycles. The number of rotatable bonds is 5. The lowest BCUT2D eigenvalue weighted by molar-refractivity contribution is 0.0740. The Bertz CT molecular complexity index is 2230. The highest BCUT2D eigenvalue weighted by molar-refractivity contribution is 6.04. The molecule has 0 spiro atoms. The van der Waals surface area contributed by atoms with Gasteiger partial charge in [-0.25, -0.2) is 14.4 Å². The SMILES string of the molecule is COc1ccncc1N1CCN(C(=O)c2cccc3ncoc23)CC1.N#Cc1cc(F)cc(N2CCN(C(=O)c3cccc4ncoc34)CC2)c1. The predicted octanol–water partition coefficient (Wildman–Crippen LogP) is 4.99. The lowest BCUT2D eigenvalue weighted by Crippen LogP contribution is -2.49. The molecule has 258 valence electrons. The fraction of sp³-hybridized carbons (Fsp3) is 0.243. The third kappa shape index (κ3) is 6.86. The molecule has 51 heavy (non-hydrogen) atoms. The maximum absolute atomic E-state index is 13.7. The number of methoxy groups -OCH3 is 1. The predicted molar refractivity (Wildman–Crippen MR) is 186 cm³/mol. The summed E-state index contributed by atoms with van der Waals surface area (Å²) in [6.45, 7) is 4.82. The topological polar surface area (TPSA) is 145 Å². The molecule has 6 aromatic rings. The van der Waals surface area contributed by atoms with E-state index in [1.165, 1.54) is 24.9 Å². The maximum atomic E-state index is 13.7. The van der Waals surface area contributed by atoms with Crippen LogP contribution < -0.4 is 14.5 Å². The Morgan fingerprint density at radius 3 is 1.90 bits per heavy atom. The van der Waals surface area contributed by atoms with E-state index in [0.29, 0.717) is 78.3 Å². The van der Waals surface area contributed by atoms with Crippen molar-refractivity contribution in [3.8, 4) is 11.8 Å². The standard InChI is InChI=1S/C19H15FN4O2.C18H18N4O3/c20-14-8-13(11-21)9-15(10-14)23-4-6-24(7-5-23)19(25)16-2-1-3-17-18(16)26-12-22-17;1-24-16-5-6-19-11-15(16)21-7-9-22(10-8-21)18(23)13-3-2-4-14-17(13)25-12-20-14/h1-3,8-10,12H,4-7H2;2-6,11-12H,7-10H2,1H3. The summed E-state index contributed by atoms with van der Waals surface area (Å²) in [6.07, 6.45) is 6.20. The molecule has 2 saturated heterocycles. The van der Waals surface area contributed by atoms with E-state index in [2.05, 4.69) is 19.9 Å². The highest BCUT2D eigenvalue weighted by atomic mass is 19.1. The molecular formula is C37H33FN8O5. The van der Waals surface area contributed by atoms with Gasteiger partial charge in [0.05, 0.1) is 41.8 Å². The summed E-state index contributed by atoms with van der Waals surface area (Å²) in [6, 6.07) is 18.8. The van der Waals surface area contributed by atoms with Crippen LogP contribution in [-0.4, -0.2) is 96.0 Å². The van der Waals surface area contributed by atoms with Gasteiger partial charge in [-0.15, -0.1) is 0 Å². The van der Waals surface area contributed by atoms with E-state index in [4.69, 9.17) is 18.8 Å². The number of para-hydroxylation sites is 2. The van der Waals surface area contributed by atoms with Crippen LogP contribution in [0.5, 0.6) is 5.75 Å². The van der Waals surface area contributed by atoms with Gasteiger partial charge < -0.3 is 33.2 Å². The van der Waals surface area contributed by atoms with Crippen molar-refractivity contribution in [2.45, 2.75) is 0 Å². The van der Waals surface area contributed by atoms with E-state index in [-0.39, 0.29) is 17.4 Å². The number of carbonyl (C=O) groups is 2. The number of anilines is 2. The molecule has 14 heteroatoms. The Morgan fingerprint density at radius 2 is 1.35 bits per heavy atom. The number of nitriles is 1. The monoisotopic (exact) mass is 688 g/mol. The number of carbonyl (C=O) groups excluding carboxylic acids is 2. The first kappa shape index (κ1) is 33.0.